The number of hydrogen-bond donors (Lipinski definition) is 0. The molecule has 170 valence electrons. The highest BCUT2D eigenvalue weighted by atomic mass is 79.9. The van der Waals surface area contributed by atoms with Gasteiger partial charge in [0.1, 0.15) is 11.6 Å². The van der Waals surface area contributed by atoms with Crippen molar-refractivity contribution in [3.05, 3.63) is 34.3 Å². The van der Waals surface area contributed by atoms with Crippen LogP contribution in [0.25, 0.3) is 0 Å². The predicted octanol–water partition coefficient (Wildman–Crippen LogP) is 4.89. The second-order valence-corrected chi connectivity index (χ2v) is 9.73. The van der Waals surface area contributed by atoms with Gasteiger partial charge in [-0.2, -0.15) is 13.2 Å². The molecule has 1 saturated carbocycles. The summed E-state index contributed by atoms with van der Waals surface area (Å²) in [6.45, 7) is 5.03. The number of ketones is 1. The van der Waals surface area contributed by atoms with Crippen LogP contribution in [0.15, 0.2) is 28.7 Å². The Hall–Kier alpha value is -2.10. The van der Waals surface area contributed by atoms with Crippen LogP contribution in [0.3, 0.4) is 0 Å². The zero-order valence-electron chi connectivity index (χ0n) is 17.2. The summed E-state index contributed by atoms with van der Waals surface area (Å²) in [4.78, 5) is 39.2. The van der Waals surface area contributed by atoms with E-state index < -0.39 is 48.2 Å². The second-order valence-electron chi connectivity index (χ2n) is 8.82. The maximum Gasteiger partial charge on any atom is 0.411 e. The third-order valence-corrected chi connectivity index (χ3v) is 5.61. The molecular formula is C21H23BrF3NO5. The number of piperidine rings is 1. The van der Waals surface area contributed by atoms with Crippen molar-refractivity contribution in [2.24, 2.45) is 5.92 Å². The lowest BCUT2D eigenvalue weighted by Gasteiger charge is -2.30. The van der Waals surface area contributed by atoms with Crippen molar-refractivity contribution >= 4 is 33.8 Å². The highest BCUT2D eigenvalue weighted by molar-refractivity contribution is 9.10. The Labute approximate surface area is 186 Å². The number of likely N-dealkylation sites (tertiary alicyclic amines) is 1. The van der Waals surface area contributed by atoms with Gasteiger partial charge in [-0.15, -0.1) is 0 Å². The maximum absolute atomic E-state index is 13.1. The van der Waals surface area contributed by atoms with Gasteiger partial charge in [-0.05, 0) is 51.7 Å². The van der Waals surface area contributed by atoms with E-state index in [9.17, 15) is 27.6 Å². The number of carbonyl (C=O) groups excluding carboxylic acids is 3. The molecule has 0 spiro atoms. The number of benzene rings is 1. The van der Waals surface area contributed by atoms with Crippen molar-refractivity contribution in [1.29, 1.82) is 0 Å². The van der Waals surface area contributed by atoms with Gasteiger partial charge in [-0.1, -0.05) is 28.1 Å². The van der Waals surface area contributed by atoms with Crippen LogP contribution in [-0.4, -0.2) is 52.7 Å². The van der Waals surface area contributed by atoms with Crippen LogP contribution in [0.1, 0.15) is 50.4 Å². The number of hydrogen-bond acceptors (Lipinski definition) is 5. The van der Waals surface area contributed by atoms with Gasteiger partial charge in [0.25, 0.3) is 0 Å². The number of amides is 1. The smallest absolute Gasteiger partial charge is 0.411 e. The van der Waals surface area contributed by atoms with E-state index in [1.54, 1.807) is 20.8 Å². The number of ether oxygens (including phenoxy) is 2. The standard InChI is InChI=1S/C21H23BrF3NO5/c1-20(2,3)31-19(29)26-14-8-12(14)9-15(26)18(28)30-16(10-21(23,24)25)17(27)11-4-6-13(22)7-5-11/h4-7,12,14-16H,8-10H2,1-3H3/t12-,14-,15+,16?/m1/s1. The summed E-state index contributed by atoms with van der Waals surface area (Å²) in [6.07, 6.45) is -8.11. The van der Waals surface area contributed by atoms with Crippen LogP contribution in [0.2, 0.25) is 0 Å². The van der Waals surface area contributed by atoms with Crippen LogP contribution in [0.4, 0.5) is 18.0 Å². The van der Waals surface area contributed by atoms with E-state index in [0.717, 1.165) is 0 Å². The number of alkyl halides is 3. The Balaban J connectivity index is 1.77. The van der Waals surface area contributed by atoms with E-state index in [1.807, 2.05) is 0 Å². The number of fused-ring (bicyclic) bond motifs is 1. The molecule has 31 heavy (non-hydrogen) atoms. The molecule has 1 amide bonds. The molecule has 0 N–H and O–H groups in total. The predicted molar refractivity (Wildman–Crippen MR) is 107 cm³/mol. The fourth-order valence-corrected chi connectivity index (χ4v) is 3.93. The molecule has 0 aromatic heterocycles. The summed E-state index contributed by atoms with van der Waals surface area (Å²) in [5.41, 5.74) is -0.807. The van der Waals surface area contributed by atoms with E-state index in [2.05, 4.69) is 15.9 Å². The quantitative estimate of drug-likeness (QED) is 0.420. The summed E-state index contributed by atoms with van der Waals surface area (Å²) in [6, 6.07) is 4.44. The first-order chi connectivity index (χ1) is 14.2. The molecule has 1 unspecified atom stereocenters. The molecule has 1 aromatic carbocycles. The van der Waals surface area contributed by atoms with Crippen LogP contribution in [-0.2, 0) is 14.3 Å². The lowest BCUT2D eigenvalue weighted by Crippen LogP contribution is -2.47. The molecule has 1 saturated heterocycles. The average Bonchev–Trinajstić information content (AvgIpc) is 3.27. The van der Waals surface area contributed by atoms with Gasteiger partial charge < -0.3 is 9.47 Å². The number of rotatable bonds is 5. The zero-order chi connectivity index (χ0) is 23.1. The van der Waals surface area contributed by atoms with Crippen LogP contribution >= 0.6 is 15.9 Å². The zero-order valence-corrected chi connectivity index (χ0v) is 18.8. The van der Waals surface area contributed by atoms with Gasteiger partial charge in [0, 0.05) is 16.1 Å². The van der Waals surface area contributed by atoms with Gasteiger partial charge in [-0.3, -0.25) is 9.69 Å². The largest absolute Gasteiger partial charge is 0.452 e. The molecule has 1 aromatic rings. The van der Waals surface area contributed by atoms with Crippen LogP contribution in [0.5, 0.6) is 0 Å². The molecule has 1 aliphatic heterocycles. The van der Waals surface area contributed by atoms with Gasteiger partial charge in [-0.25, -0.2) is 9.59 Å². The van der Waals surface area contributed by atoms with Crippen molar-refractivity contribution < 1.29 is 37.0 Å². The van der Waals surface area contributed by atoms with Gasteiger partial charge in [0.05, 0.1) is 6.42 Å². The van der Waals surface area contributed by atoms with Crippen molar-refractivity contribution in [3.8, 4) is 0 Å². The molecule has 10 heteroatoms. The first kappa shape index (κ1) is 23.6. The van der Waals surface area contributed by atoms with E-state index in [1.165, 1.54) is 29.2 Å². The van der Waals surface area contributed by atoms with Crippen molar-refractivity contribution in [2.45, 2.75) is 70.0 Å². The minimum atomic E-state index is -4.72. The maximum atomic E-state index is 13.1. The number of Topliss-reactive ketones (excluding diaryl/α,β-unsaturated/α-hetero) is 1. The van der Waals surface area contributed by atoms with Crippen LogP contribution < -0.4 is 0 Å². The van der Waals surface area contributed by atoms with Crippen molar-refractivity contribution in [3.63, 3.8) is 0 Å². The summed E-state index contributed by atoms with van der Waals surface area (Å²) in [5.74, 6) is -1.91. The fourth-order valence-electron chi connectivity index (χ4n) is 3.66. The highest BCUT2D eigenvalue weighted by Crippen LogP contribution is 2.48. The molecule has 4 atom stereocenters. The summed E-state index contributed by atoms with van der Waals surface area (Å²) < 4.78 is 50.3. The number of esters is 1. The third kappa shape index (κ3) is 5.99. The van der Waals surface area contributed by atoms with Gasteiger partial charge >= 0.3 is 18.2 Å². The van der Waals surface area contributed by atoms with E-state index in [-0.39, 0.29) is 23.9 Å². The molecule has 0 radical (unpaired) electrons. The fraction of sp³-hybridized carbons (Fsp3) is 0.571. The Bertz CT molecular complexity index is 865. The Kier molecular flexibility index (Phi) is 6.42. The topological polar surface area (TPSA) is 72.9 Å². The van der Waals surface area contributed by atoms with Gasteiger partial charge in [0.2, 0.25) is 5.78 Å². The molecule has 6 nitrogen and oxygen atoms in total. The SMILES string of the molecule is CC(C)(C)OC(=O)N1[C@@H]2C[C@@H]2C[C@H]1C(=O)OC(CC(F)(F)F)C(=O)c1ccc(Br)cc1. The van der Waals surface area contributed by atoms with E-state index in [0.29, 0.717) is 10.9 Å². The number of carbonyl (C=O) groups is 3. The lowest BCUT2D eigenvalue weighted by molar-refractivity contribution is -0.170. The van der Waals surface area contributed by atoms with Crippen molar-refractivity contribution in [1.82, 2.24) is 4.90 Å². The molecular weight excluding hydrogens is 483 g/mol. The molecule has 0 bridgehead atoms. The molecule has 2 fully saturated rings. The Morgan fingerprint density at radius 3 is 2.29 bits per heavy atom. The third-order valence-electron chi connectivity index (χ3n) is 5.08. The molecule has 1 heterocycles. The first-order valence-electron chi connectivity index (χ1n) is 9.83. The summed E-state index contributed by atoms with van der Waals surface area (Å²) >= 11 is 3.19. The van der Waals surface area contributed by atoms with Crippen molar-refractivity contribution in [2.75, 3.05) is 0 Å². The lowest BCUT2D eigenvalue weighted by atomic mass is 10.0. The van der Waals surface area contributed by atoms with Crippen LogP contribution in [0, 0.1) is 5.92 Å². The average molecular weight is 506 g/mol. The number of halogens is 4. The van der Waals surface area contributed by atoms with E-state index in [4.69, 9.17) is 9.47 Å². The second kappa shape index (κ2) is 8.44. The minimum absolute atomic E-state index is 0.0106. The Morgan fingerprint density at radius 1 is 1.13 bits per heavy atom. The first-order valence-corrected chi connectivity index (χ1v) is 10.6. The van der Waals surface area contributed by atoms with E-state index >= 15 is 0 Å². The normalized spacial score (nSPS) is 23.7. The monoisotopic (exact) mass is 505 g/mol. The van der Waals surface area contributed by atoms with Gasteiger partial charge in [0.15, 0.2) is 6.10 Å². The highest BCUT2D eigenvalue weighted by Gasteiger charge is 2.58. The molecule has 2 aliphatic rings. The molecule has 3 rings (SSSR count). The Morgan fingerprint density at radius 2 is 1.74 bits per heavy atom. The minimum Gasteiger partial charge on any atom is -0.452 e. The summed E-state index contributed by atoms with van der Waals surface area (Å²) in [5, 5.41) is 0. The molecule has 1 aliphatic carbocycles. The summed E-state index contributed by atoms with van der Waals surface area (Å²) in [7, 11) is 0. The number of nitrogens with zero attached hydrogens (tertiary/aromatic N) is 1.